The summed E-state index contributed by atoms with van der Waals surface area (Å²) >= 11 is 0. The van der Waals surface area contributed by atoms with Gasteiger partial charge in [0.25, 0.3) is 0 Å². The fourth-order valence-electron chi connectivity index (χ4n) is 1.87. The Kier molecular flexibility index (Phi) is 6.73. The Morgan fingerprint density at radius 2 is 1.90 bits per heavy atom. The Morgan fingerprint density at radius 3 is 2.50 bits per heavy atom. The van der Waals surface area contributed by atoms with Gasteiger partial charge in [-0.15, -0.1) is 0 Å². The first-order valence-electron chi connectivity index (χ1n) is 7.36. The van der Waals surface area contributed by atoms with E-state index < -0.39 is 5.60 Å². The van der Waals surface area contributed by atoms with Gasteiger partial charge >= 0.3 is 5.97 Å². The highest BCUT2D eigenvalue weighted by molar-refractivity contribution is 5.72. The molecule has 0 bridgehead atoms. The van der Waals surface area contributed by atoms with Crippen molar-refractivity contribution in [2.24, 2.45) is 5.92 Å². The average Bonchev–Trinajstić information content (AvgIpc) is 2.37. The molecule has 3 heteroatoms. The standard InChI is InChI=1S/C17H27NO2/c1-14(16(19)20-17(2,3)4)13-18-12-8-11-15-9-6-5-7-10-15/h5-7,9-10,14,18H,8,11-13H2,1-4H3/t14-/m1/s1. The molecule has 0 aromatic heterocycles. The summed E-state index contributed by atoms with van der Waals surface area (Å²) in [4.78, 5) is 11.8. The van der Waals surface area contributed by atoms with E-state index in [1.54, 1.807) is 0 Å². The molecule has 0 aliphatic rings. The fraction of sp³-hybridized carbons (Fsp3) is 0.588. The van der Waals surface area contributed by atoms with Gasteiger partial charge < -0.3 is 10.1 Å². The first-order valence-corrected chi connectivity index (χ1v) is 7.36. The molecule has 1 aromatic rings. The highest BCUT2D eigenvalue weighted by atomic mass is 16.6. The minimum absolute atomic E-state index is 0.106. The number of ether oxygens (including phenoxy) is 1. The van der Waals surface area contributed by atoms with Gasteiger partial charge in [0.2, 0.25) is 0 Å². The number of nitrogens with one attached hydrogen (secondary N) is 1. The lowest BCUT2D eigenvalue weighted by molar-refractivity contribution is -0.159. The van der Waals surface area contributed by atoms with E-state index in [0.717, 1.165) is 19.4 Å². The largest absolute Gasteiger partial charge is 0.460 e. The zero-order chi connectivity index (χ0) is 15.0. The second-order valence-electron chi connectivity index (χ2n) is 6.23. The SMILES string of the molecule is C[C@H](CNCCCc1ccccc1)C(=O)OC(C)(C)C. The van der Waals surface area contributed by atoms with E-state index in [0.29, 0.717) is 6.54 Å². The number of benzene rings is 1. The average molecular weight is 277 g/mol. The molecule has 1 aromatic carbocycles. The molecule has 0 radical (unpaired) electrons. The van der Waals surface area contributed by atoms with Crippen LogP contribution >= 0.6 is 0 Å². The molecule has 0 fully saturated rings. The molecule has 0 saturated carbocycles. The Labute approximate surface area is 122 Å². The van der Waals surface area contributed by atoms with Gasteiger partial charge in [0.05, 0.1) is 5.92 Å². The molecule has 1 N–H and O–H groups in total. The molecular formula is C17H27NO2. The Bertz CT molecular complexity index is 395. The van der Waals surface area contributed by atoms with Gasteiger partial charge in [-0.1, -0.05) is 37.3 Å². The van der Waals surface area contributed by atoms with Crippen molar-refractivity contribution in [3.8, 4) is 0 Å². The molecule has 0 heterocycles. The molecule has 0 aliphatic heterocycles. The van der Waals surface area contributed by atoms with E-state index in [1.807, 2.05) is 33.8 Å². The third-order valence-corrected chi connectivity index (χ3v) is 2.92. The van der Waals surface area contributed by atoms with E-state index in [2.05, 4.69) is 29.6 Å². The lowest BCUT2D eigenvalue weighted by atomic mass is 10.1. The number of rotatable bonds is 7. The first-order chi connectivity index (χ1) is 9.38. The third kappa shape index (κ3) is 7.29. The summed E-state index contributed by atoms with van der Waals surface area (Å²) in [5.41, 5.74) is 0.952. The summed E-state index contributed by atoms with van der Waals surface area (Å²) in [6.45, 7) is 9.17. The van der Waals surface area contributed by atoms with Crippen molar-refractivity contribution in [1.82, 2.24) is 5.32 Å². The highest BCUT2D eigenvalue weighted by Gasteiger charge is 2.21. The second-order valence-corrected chi connectivity index (χ2v) is 6.23. The van der Waals surface area contributed by atoms with Crippen LogP contribution in [0.4, 0.5) is 0 Å². The van der Waals surface area contributed by atoms with Crippen LogP contribution in [0.5, 0.6) is 0 Å². The van der Waals surface area contributed by atoms with Crippen LogP contribution in [-0.2, 0) is 16.0 Å². The smallest absolute Gasteiger partial charge is 0.310 e. The molecule has 112 valence electrons. The predicted octanol–water partition coefficient (Wildman–Crippen LogP) is 3.19. The number of hydrogen-bond acceptors (Lipinski definition) is 3. The molecule has 0 unspecified atom stereocenters. The fourth-order valence-corrected chi connectivity index (χ4v) is 1.87. The van der Waals surface area contributed by atoms with E-state index in [-0.39, 0.29) is 11.9 Å². The normalized spacial score (nSPS) is 13.0. The van der Waals surface area contributed by atoms with Gasteiger partial charge in [-0.2, -0.15) is 0 Å². The van der Waals surface area contributed by atoms with Crippen LogP contribution in [0.2, 0.25) is 0 Å². The van der Waals surface area contributed by atoms with Crippen molar-refractivity contribution in [3.05, 3.63) is 35.9 Å². The van der Waals surface area contributed by atoms with Crippen LogP contribution in [0.1, 0.15) is 39.7 Å². The van der Waals surface area contributed by atoms with Crippen LogP contribution in [-0.4, -0.2) is 24.7 Å². The number of carbonyl (C=O) groups excluding carboxylic acids is 1. The van der Waals surface area contributed by atoms with Crippen LogP contribution in [0.3, 0.4) is 0 Å². The Hall–Kier alpha value is -1.35. The van der Waals surface area contributed by atoms with Gasteiger partial charge in [0.15, 0.2) is 0 Å². The van der Waals surface area contributed by atoms with Crippen molar-refractivity contribution < 1.29 is 9.53 Å². The van der Waals surface area contributed by atoms with E-state index >= 15 is 0 Å². The highest BCUT2D eigenvalue weighted by Crippen LogP contribution is 2.10. The lowest BCUT2D eigenvalue weighted by Gasteiger charge is -2.22. The van der Waals surface area contributed by atoms with Crippen molar-refractivity contribution in [2.45, 2.75) is 46.1 Å². The molecule has 0 saturated heterocycles. The van der Waals surface area contributed by atoms with Crippen LogP contribution in [0.15, 0.2) is 30.3 Å². The summed E-state index contributed by atoms with van der Waals surface area (Å²) in [5.74, 6) is -0.237. The maximum Gasteiger partial charge on any atom is 0.310 e. The lowest BCUT2D eigenvalue weighted by Crippen LogP contribution is -2.33. The third-order valence-electron chi connectivity index (χ3n) is 2.92. The minimum atomic E-state index is -0.404. The number of aryl methyl sites for hydroxylation is 1. The summed E-state index contributed by atoms with van der Waals surface area (Å²) < 4.78 is 5.35. The van der Waals surface area contributed by atoms with Gasteiger partial charge in [-0.3, -0.25) is 4.79 Å². The molecule has 3 nitrogen and oxygen atoms in total. The summed E-state index contributed by atoms with van der Waals surface area (Å²) in [7, 11) is 0. The molecule has 20 heavy (non-hydrogen) atoms. The summed E-state index contributed by atoms with van der Waals surface area (Å²) in [6, 6.07) is 10.4. The van der Waals surface area contributed by atoms with Crippen molar-refractivity contribution in [1.29, 1.82) is 0 Å². The van der Waals surface area contributed by atoms with Crippen LogP contribution in [0, 0.1) is 5.92 Å². The maximum absolute atomic E-state index is 11.8. The Morgan fingerprint density at radius 1 is 1.25 bits per heavy atom. The van der Waals surface area contributed by atoms with Crippen molar-refractivity contribution in [3.63, 3.8) is 0 Å². The molecule has 0 spiro atoms. The minimum Gasteiger partial charge on any atom is -0.460 e. The number of hydrogen-bond donors (Lipinski definition) is 1. The monoisotopic (exact) mass is 277 g/mol. The van der Waals surface area contributed by atoms with E-state index in [9.17, 15) is 4.79 Å². The maximum atomic E-state index is 11.8. The van der Waals surface area contributed by atoms with Gasteiger partial charge in [-0.05, 0) is 45.7 Å². The molecule has 0 aliphatic carbocycles. The first kappa shape index (κ1) is 16.7. The van der Waals surface area contributed by atoms with Crippen LogP contribution in [0.25, 0.3) is 0 Å². The van der Waals surface area contributed by atoms with Crippen molar-refractivity contribution >= 4 is 5.97 Å². The van der Waals surface area contributed by atoms with Gasteiger partial charge in [0.1, 0.15) is 5.60 Å². The van der Waals surface area contributed by atoms with E-state index in [4.69, 9.17) is 4.74 Å². The number of carbonyl (C=O) groups is 1. The predicted molar refractivity (Wildman–Crippen MR) is 82.6 cm³/mol. The van der Waals surface area contributed by atoms with Gasteiger partial charge in [0, 0.05) is 6.54 Å². The summed E-state index contributed by atoms with van der Waals surface area (Å²) in [6.07, 6.45) is 2.14. The second kappa shape index (κ2) is 8.05. The molecule has 1 rings (SSSR count). The molecule has 1 atom stereocenters. The zero-order valence-electron chi connectivity index (χ0n) is 13.1. The van der Waals surface area contributed by atoms with Gasteiger partial charge in [-0.25, -0.2) is 0 Å². The zero-order valence-corrected chi connectivity index (χ0v) is 13.1. The van der Waals surface area contributed by atoms with E-state index in [1.165, 1.54) is 5.56 Å². The Balaban J connectivity index is 2.13. The number of esters is 1. The van der Waals surface area contributed by atoms with Crippen molar-refractivity contribution in [2.75, 3.05) is 13.1 Å². The molecular weight excluding hydrogens is 250 g/mol. The topological polar surface area (TPSA) is 38.3 Å². The van der Waals surface area contributed by atoms with Crippen LogP contribution < -0.4 is 5.32 Å². The molecule has 0 amide bonds. The quantitative estimate of drug-likeness (QED) is 0.614. The summed E-state index contributed by atoms with van der Waals surface area (Å²) in [5, 5.41) is 3.32.